The van der Waals surface area contributed by atoms with Gasteiger partial charge in [-0.05, 0) is 52.0 Å². The number of nitrogens with one attached hydrogen (secondary N) is 2. The highest BCUT2D eigenvalue weighted by Crippen LogP contribution is 2.26. The summed E-state index contributed by atoms with van der Waals surface area (Å²) in [5, 5.41) is 6.60. The summed E-state index contributed by atoms with van der Waals surface area (Å²) in [5.74, 6) is 0.887. The average molecular weight is 252 g/mol. The van der Waals surface area contributed by atoms with Gasteiger partial charge >= 0.3 is 0 Å². The Hall–Kier alpha value is -0.570. The monoisotopic (exact) mass is 252 g/mol. The SMILES string of the molecule is C[C@@H](NC(=O)C1(C)CCCN1)C1CCCCCC1. The van der Waals surface area contributed by atoms with Gasteiger partial charge in [0.2, 0.25) is 5.91 Å². The van der Waals surface area contributed by atoms with Crippen molar-refractivity contribution < 1.29 is 4.79 Å². The predicted octanol–water partition coefficient (Wildman–Crippen LogP) is 2.60. The van der Waals surface area contributed by atoms with E-state index in [4.69, 9.17) is 0 Å². The van der Waals surface area contributed by atoms with Crippen LogP contribution in [0.3, 0.4) is 0 Å². The molecular weight excluding hydrogens is 224 g/mol. The molecule has 2 aliphatic rings. The molecule has 1 unspecified atom stereocenters. The lowest BCUT2D eigenvalue weighted by atomic mass is 9.91. The summed E-state index contributed by atoms with van der Waals surface area (Å²) < 4.78 is 0. The van der Waals surface area contributed by atoms with Crippen molar-refractivity contribution >= 4 is 5.91 Å². The number of hydrogen-bond acceptors (Lipinski definition) is 2. The third-order valence-corrected chi connectivity index (χ3v) is 4.84. The molecule has 0 aromatic carbocycles. The van der Waals surface area contributed by atoms with Crippen molar-refractivity contribution in [2.24, 2.45) is 5.92 Å². The molecule has 0 aromatic heterocycles. The smallest absolute Gasteiger partial charge is 0.240 e. The number of carbonyl (C=O) groups excluding carboxylic acids is 1. The van der Waals surface area contributed by atoms with Crippen molar-refractivity contribution in [1.29, 1.82) is 0 Å². The van der Waals surface area contributed by atoms with Crippen LogP contribution in [0.25, 0.3) is 0 Å². The van der Waals surface area contributed by atoms with Crippen LogP contribution in [-0.4, -0.2) is 24.0 Å². The molecular formula is C15H28N2O. The lowest BCUT2D eigenvalue weighted by Crippen LogP contribution is -2.54. The first-order valence-electron chi connectivity index (χ1n) is 7.68. The fourth-order valence-electron chi connectivity index (χ4n) is 3.38. The minimum Gasteiger partial charge on any atom is -0.352 e. The molecule has 104 valence electrons. The lowest BCUT2D eigenvalue weighted by molar-refractivity contribution is -0.127. The second-order valence-corrected chi connectivity index (χ2v) is 6.38. The Morgan fingerprint density at radius 2 is 1.89 bits per heavy atom. The minimum atomic E-state index is -0.320. The molecule has 2 N–H and O–H groups in total. The van der Waals surface area contributed by atoms with Gasteiger partial charge < -0.3 is 10.6 Å². The van der Waals surface area contributed by atoms with Crippen molar-refractivity contribution in [3.63, 3.8) is 0 Å². The van der Waals surface area contributed by atoms with Gasteiger partial charge in [-0.25, -0.2) is 0 Å². The number of carbonyl (C=O) groups is 1. The van der Waals surface area contributed by atoms with E-state index in [0.717, 1.165) is 19.4 Å². The van der Waals surface area contributed by atoms with Crippen molar-refractivity contribution in [1.82, 2.24) is 10.6 Å². The Morgan fingerprint density at radius 3 is 2.44 bits per heavy atom. The maximum absolute atomic E-state index is 12.3. The molecule has 0 bridgehead atoms. The van der Waals surface area contributed by atoms with Crippen LogP contribution >= 0.6 is 0 Å². The first-order chi connectivity index (χ1) is 8.62. The second-order valence-electron chi connectivity index (χ2n) is 6.38. The van der Waals surface area contributed by atoms with Gasteiger partial charge in [0.1, 0.15) is 0 Å². The maximum Gasteiger partial charge on any atom is 0.240 e. The van der Waals surface area contributed by atoms with E-state index in [1.54, 1.807) is 0 Å². The van der Waals surface area contributed by atoms with Crippen molar-refractivity contribution in [2.45, 2.75) is 76.8 Å². The van der Waals surface area contributed by atoms with Crippen molar-refractivity contribution in [3.8, 4) is 0 Å². The van der Waals surface area contributed by atoms with Gasteiger partial charge in [0.25, 0.3) is 0 Å². The molecule has 1 saturated carbocycles. The molecule has 3 nitrogen and oxygen atoms in total. The normalized spacial score (nSPS) is 31.9. The molecule has 18 heavy (non-hydrogen) atoms. The van der Waals surface area contributed by atoms with Gasteiger partial charge in [-0.1, -0.05) is 25.7 Å². The Balaban J connectivity index is 1.85. The fourth-order valence-corrected chi connectivity index (χ4v) is 3.38. The summed E-state index contributed by atoms with van der Waals surface area (Å²) in [5.41, 5.74) is -0.320. The zero-order valence-corrected chi connectivity index (χ0v) is 11.9. The molecule has 2 rings (SSSR count). The van der Waals surface area contributed by atoms with E-state index in [9.17, 15) is 4.79 Å². The zero-order chi connectivity index (χ0) is 13.0. The van der Waals surface area contributed by atoms with Gasteiger partial charge in [0.15, 0.2) is 0 Å². The molecule has 0 aromatic rings. The fraction of sp³-hybridized carbons (Fsp3) is 0.933. The van der Waals surface area contributed by atoms with Gasteiger partial charge in [0, 0.05) is 6.04 Å². The molecule has 3 heteroatoms. The number of amides is 1. The summed E-state index contributed by atoms with van der Waals surface area (Å²) in [4.78, 5) is 12.3. The van der Waals surface area contributed by atoms with Crippen LogP contribution in [0.15, 0.2) is 0 Å². The van der Waals surface area contributed by atoms with Crippen LogP contribution in [0.5, 0.6) is 0 Å². The van der Waals surface area contributed by atoms with E-state index in [1.807, 2.05) is 6.92 Å². The molecule has 0 radical (unpaired) electrons. The van der Waals surface area contributed by atoms with Crippen LogP contribution in [0.2, 0.25) is 0 Å². The van der Waals surface area contributed by atoms with E-state index in [1.165, 1.54) is 38.5 Å². The van der Waals surface area contributed by atoms with Crippen LogP contribution in [0.4, 0.5) is 0 Å². The third-order valence-electron chi connectivity index (χ3n) is 4.84. The molecule has 1 heterocycles. The largest absolute Gasteiger partial charge is 0.352 e. The predicted molar refractivity (Wildman–Crippen MR) is 74.4 cm³/mol. The average Bonchev–Trinajstić information content (AvgIpc) is 2.65. The standard InChI is InChI=1S/C15H28N2O/c1-12(13-8-5-3-4-6-9-13)17-14(18)15(2)10-7-11-16-15/h12-13,16H,3-11H2,1-2H3,(H,17,18)/t12-,15?/m1/s1. The first-order valence-corrected chi connectivity index (χ1v) is 7.68. The van der Waals surface area contributed by atoms with Gasteiger partial charge in [-0.2, -0.15) is 0 Å². The lowest BCUT2D eigenvalue weighted by Gasteiger charge is -2.29. The minimum absolute atomic E-state index is 0.205. The van der Waals surface area contributed by atoms with E-state index in [-0.39, 0.29) is 11.4 Å². The van der Waals surface area contributed by atoms with Gasteiger partial charge in [-0.15, -0.1) is 0 Å². The van der Waals surface area contributed by atoms with Crippen LogP contribution < -0.4 is 10.6 Å². The third kappa shape index (κ3) is 3.25. The molecule has 1 aliphatic carbocycles. The summed E-state index contributed by atoms with van der Waals surface area (Å²) in [7, 11) is 0. The summed E-state index contributed by atoms with van der Waals surface area (Å²) >= 11 is 0. The zero-order valence-electron chi connectivity index (χ0n) is 11.9. The molecule has 2 atom stereocenters. The van der Waals surface area contributed by atoms with Gasteiger partial charge in [-0.3, -0.25) is 4.79 Å². The Bertz CT molecular complexity index is 276. The van der Waals surface area contributed by atoms with Gasteiger partial charge in [0.05, 0.1) is 5.54 Å². The van der Waals surface area contributed by atoms with E-state index >= 15 is 0 Å². The Labute approximate surface area is 111 Å². The highest BCUT2D eigenvalue weighted by atomic mass is 16.2. The number of rotatable bonds is 3. The summed E-state index contributed by atoms with van der Waals surface area (Å²) in [6, 6.07) is 0.329. The van der Waals surface area contributed by atoms with Crippen LogP contribution in [-0.2, 0) is 4.79 Å². The highest BCUT2D eigenvalue weighted by Gasteiger charge is 2.37. The van der Waals surface area contributed by atoms with E-state index < -0.39 is 0 Å². The Kier molecular flexibility index (Phi) is 4.66. The quantitative estimate of drug-likeness (QED) is 0.758. The van der Waals surface area contributed by atoms with Crippen molar-refractivity contribution in [2.75, 3.05) is 6.54 Å². The first kappa shape index (κ1) is 13.9. The molecule has 2 fully saturated rings. The second kappa shape index (κ2) is 6.05. The summed E-state index contributed by atoms with van der Waals surface area (Å²) in [6.45, 7) is 5.20. The topological polar surface area (TPSA) is 41.1 Å². The molecule has 1 saturated heterocycles. The summed E-state index contributed by atoms with van der Waals surface area (Å²) in [6.07, 6.45) is 10.1. The molecule has 1 amide bonds. The molecule has 1 aliphatic heterocycles. The van der Waals surface area contributed by atoms with Crippen LogP contribution in [0.1, 0.15) is 65.2 Å². The van der Waals surface area contributed by atoms with E-state index in [2.05, 4.69) is 17.6 Å². The van der Waals surface area contributed by atoms with Crippen LogP contribution in [0, 0.1) is 5.92 Å². The molecule has 0 spiro atoms. The maximum atomic E-state index is 12.3. The van der Waals surface area contributed by atoms with E-state index in [0.29, 0.717) is 12.0 Å². The van der Waals surface area contributed by atoms with Crippen molar-refractivity contribution in [3.05, 3.63) is 0 Å². The Morgan fingerprint density at radius 1 is 1.22 bits per heavy atom. The highest BCUT2D eigenvalue weighted by molar-refractivity contribution is 5.86. The number of hydrogen-bond donors (Lipinski definition) is 2.